The van der Waals surface area contributed by atoms with Crippen molar-refractivity contribution in [1.29, 1.82) is 0 Å². The minimum absolute atomic E-state index is 0.150. The molecule has 0 N–H and O–H groups in total. The summed E-state index contributed by atoms with van der Waals surface area (Å²) in [5.74, 6) is 0.380. The lowest BCUT2D eigenvalue weighted by Gasteiger charge is -2.17. The summed E-state index contributed by atoms with van der Waals surface area (Å²) in [4.78, 5) is 0. The fourth-order valence-corrected chi connectivity index (χ4v) is 2.66. The van der Waals surface area contributed by atoms with Crippen molar-refractivity contribution < 1.29 is 13.6 Å². The number of halogens is 1. The maximum absolute atomic E-state index is 11.8. The van der Waals surface area contributed by atoms with Gasteiger partial charge in [0.15, 0.2) is 0 Å². The SMILES string of the molecule is CC(C)OP(C)(=O)Oc1ccccc1Cl. The van der Waals surface area contributed by atoms with E-state index in [9.17, 15) is 4.57 Å². The second-order valence-electron chi connectivity index (χ2n) is 3.45. The van der Waals surface area contributed by atoms with E-state index in [0.29, 0.717) is 10.8 Å². The van der Waals surface area contributed by atoms with Gasteiger partial charge >= 0.3 is 7.60 Å². The fourth-order valence-electron chi connectivity index (χ4n) is 1.10. The third kappa shape index (κ3) is 4.25. The van der Waals surface area contributed by atoms with Crippen molar-refractivity contribution in [1.82, 2.24) is 0 Å². The van der Waals surface area contributed by atoms with E-state index in [-0.39, 0.29) is 6.10 Å². The summed E-state index contributed by atoms with van der Waals surface area (Å²) < 4.78 is 22.3. The second-order valence-corrected chi connectivity index (χ2v) is 5.79. The molecular weight excluding hydrogens is 235 g/mol. The van der Waals surface area contributed by atoms with Crippen LogP contribution in [-0.4, -0.2) is 12.8 Å². The van der Waals surface area contributed by atoms with Crippen molar-refractivity contribution in [2.45, 2.75) is 20.0 Å². The van der Waals surface area contributed by atoms with Crippen molar-refractivity contribution >= 4 is 19.2 Å². The Morgan fingerprint density at radius 2 is 1.93 bits per heavy atom. The highest BCUT2D eigenvalue weighted by atomic mass is 35.5. The first-order valence-corrected chi connectivity index (χ1v) is 6.97. The number of rotatable bonds is 4. The number of para-hydroxylation sites is 1. The Morgan fingerprint density at radius 1 is 1.33 bits per heavy atom. The third-order valence-corrected chi connectivity index (χ3v) is 3.15. The Bertz CT molecular complexity index is 379. The van der Waals surface area contributed by atoms with Crippen LogP contribution in [0.4, 0.5) is 0 Å². The van der Waals surface area contributed by atoms with E-state index < -0.39 is 7.60 Å². The van der Waals surface area contributed by atoms with Gasteiger partial charge in [-0.3, -0.25) is 4.52 Å². The van der Waals surface area contributed by atoms with Gasteiger partial charge in [-0.25, -0.2) is 4.57 Å². The second kappa shape index (κ2) is 5.02. The first kappa shape index (κ1) is 12.6. The summed E-state index contributed by atoms with van der Waals surface area (Å²) in [5.41, 5.74) is 0. The molecule has 0 amide bonds. The highest BCUT2D eigenvalue weighted by Crippen LogP contribution is 2.47. The summed E-state index contributed by atoms with van der Waals surface area (Å²) in [5, 5.41) is 0.423. The van der Waals surface area contributed by atoms with Crippen LogP contribution in [0.1, 0.15) is 13.8 Å². The van der Waals surface area contributed by atoms with Gasteiger partial charge in [0, 0.05) is 6.66 Å². The first-order chi connectivity index (χ1) is 6.91. The van der Waals surface area contributed by atoms with Crippen LogP contribution < -0.4 is 4.52 Å². The molecule has 0 heterocycles. The Kier molecular flexibility index (Phi) is 4.21. The van der Waals surface area contributed by atoms with E-state index in [2.05, 4.69) is 0 Å². The molecule has 1 unspecified atom stereocenters. The molecule has 0 aromatic heterocycles. The molecule has 0 saturated heterocycles. The molecule has 0 aliphatic heterocycles. The van der Waals surface area contributed by atoms with Crippen molar-refractivity contribution in [3.63, 3.8) is 0 Å². The third-order valence-electron chi connectivity index (χ3n) is 1.50. The predicted octanol–water partition coefficient (Wildman–Crippen LogP) is 3.97. The van der Waals surface area contributed by atoms with E-state index in [1.165, 1.54) is 6.66 Å². The highest BCUT2D eigenvalue weighted by Gasteiger charge is 2.21. The molecule has 1 rings (SSSR count). The van der Waals surface area contributed by atoms with Crippen LogP contribution in [-0.2, 0) is 9.09 Å². The minimum atomic E-state index is -3.08. The normalized spacial score (nSPS) is 15.0. The number of benzene rings is 1. The summed E-state index contributed by atoms with van der Waals surface area (Å²) in [7, 11) is -3.08. The molecule has 1 aromatic rings. The molecular formula is C10H14ClO3P. The summed E-state index contributed by atoms with van der Waals surface area (Å²) in [6.07, 6.45) is -0.150. The zero-order chi connectivity index (χ0) is 11.5. The van der Waals surface area contributed by atoms with Crippen LogP contribution in [0.2, 0.25) is 5.02 Å². The van der Waals surface area contributed by atoms with Crippen molar-refractivity contribution in [3.05, 3.63) is 29.3 Å². The van der Waals surface area contributed by atoms with Gasteiger partial charge < -0.3 is 4.52 Å². The Balaban J connectivity index is 2.78. The summed E-state index contributed by atoms with van der Waals surface area (Å²) in [6.45, 7) is 5.02. The minimum Gasteiger partial charge on any atom is -0.423 e. The molecule has 84 valence electrons. The van der Waals surface area contributed by atoms with Crippen LogP contribution in [0.25, 0.3) is 0 Å². The maximum Gasteiger partial charge on any atom is 0.376 e. The van der Waals surface area contributed by atoms with Crippen molar-refractivity contribution in [2.24, 2.45) is 0 Å². The zero-order valence-electron chi connectivity index (χ0n) is 8.94. The van der Waals surface area contributed by atoms with Crippen molar-refractivity contribution in [3.8, 4) is 5.75 Å². The van der Waals surface area contributed by atoms with Crippen LogP contribution in [0.15, 0.2) is 24.3 Å². The molecule has 0 aliphatic rings. The van der Waals surface area contributed by atoms with Crippen LogP contribution in [0.5, 0.6) is 5.75 Å². The average molecular weight is 249 g/mol. The molecule has 0 saturated carbocycles. The molecule has 0 aliphatic carbocycles. The van der Waals surface area contributed by atoms with Gasteiger partial charge in [-0.2, -0.15) is 0 Å². The zero-order valence-corrected chi connectivity index (χ0v) is 10.6. The Hall–Kier alpha value is -0.500. The standard InChI is InChI=1S/C10H14ClO3P/c1-8(2)13-15(3,12)14-10-7-5-4-6-9(10)11/h4-8H,1-3H3. The molecule has 1 aromatic carbocycles. The lowest BCUT2D eigenvalue weighted by molar-refractivity contribution is 0.213. The van der Waals surface area contributed by atoms with Gasteiger partial charge in [-0.15, -0.1) is 0 Å². The van der Waals surface area contributed by atoms with E-state index in [4.69, 9.17) is 20.6 Å². The molecule has 0 fully saturated rings. The predicted molar refractivity (Wildman–Crippen MR) is 61.8 cm³/mol. The van der Waals surface area contributed by atoms with Gasteiger partial charge in [0.1, 0.15) is 5.75 Å². The van der Waals surface area contributed by atoms with Crippen molar-refractivity contribution in [2.75, 3.05) is 6.66 Å². The maximum atomic E-state index is 11.8. The lowest BCUT2D eigenvalue weighted by Crippen LogP contribution is -2.04. The first-order valence-electron chi connectivity index (χ1n) is 4.61. The topological polar surface area (TPSA) is 35.5 Å². The van der Waals surface area contributed by atoms with E-state index in [1.54, 1.807) is 38.1 Å². The van der Waals surface area contributed by atoms with Gasteiger partial charge in [0.2, 0.25) is 0 Å². The molecule has 3 nitrogen and oxygen atoms in total. The molecule has 5 heteroatoms. The van der Waals surface area contributed by atoms with E-state index in [0.717, 1.165) is 0 Å². The highest BCUT2D eigenvalue weighted by molar-refractivity contribution is 7.53. The molecule has 0 radical (unpaired) electrons. The van der Waals surface area contributed by atoms with E-state index in [1.807, 2.05) is 0 Å². The smallest absolute Gasteiger partial charge is 0.376 e. The number of hydrogen-bond acceptors (Lipinski definition) is 3. The van der Waals surface area contributed by atoms with Crippen LogP contribution in [0.3, 0.4) is 0 Å². The summed E-state index contributed by atoms with van der Waals surface area (Å²) in [6, 6.07) is 6.87. The molecule has 0 spiro atoms. The monoisotopic (exact) mass is 248 g/mol. The quantitative estimate of drug-likeness (QED) is 0.757. The Labute approximate surface area is 94.9 Å². The molecule has 1 atom stereocenters. The lowest BCUT2D eigenvalue weighted by atomic mass is 10.3. The van der Waals surface area contributed by atoms with Crippen LogP contribution in [0, 0.1) is 0 Å². The van der Waals surface area contributed by atoms with Gasteiger partial charge in [0.25, 0.3) is 0 Å². The van der Waals surface area contributed by atoms with Gasteiger partial charge in [-0.05, 0) is 26.0 Å². The number of hydrogen-bond donors (Lipinski definition) is 0. The molecule has 15 heavy (non-hydrogen) atoms. The van der Waals surface area contributed by atoms with Gasteiger partial charge in [-0.1, -0.05) is 23.7 Å². The fraction of sp³-hybridized carbons (Fsp3) is 0.400. The van der Waals surface area contributed by atoms with Crippen LogP contribution >= 0.6 is 19.2 Å². The van der Waals surface area contributed by atoms with E-state index >= 15 is 0 Å². The Morgan fingerprint density at radius 3 is 2.47 bits per heavy atom. The molecule has 0 bridgehead atoms. The van der Waals surface area contributed by atoms with Gasteiger partial charge in [0.05, 0.1) is 11.1 Å². The largest absolute Gasteiger partial charge is 0.423 e. The average Bonchev–Trinajstić information content (AvgIpc) is 2.06. The summed E-state index contributed by atoms with van der Waals surface area (Å²) >= 11 is 5.87.